The highest BCUT2D eigenvalue weighted by molar-refractivity contribution is 5.83. The summed E-state index contributed by atoms with van der Waals surface area (Å²) < 4.78 is 7.49. The van der Waals surface area contributed by atoms with Crippen LogP contribution in [0.15, 0.2) is 60.8 Å². The molecular formula is C21H23N3O2. The van der Waals surface area contributed by atoms with Gasteiger partial charge in [-0.1, -0.05) is 30.3 Å². The van der Waals surface area contributed by atoms with Crippen LogP contribution in [0.2, 0.25) is 0 Å². The number of amides is 1. The number of fused-ring (bicyclic) bond motifs is 1. The Morgan fingerprint density at radius 2 is 1.69 bits per heavy atom. The highest BCUT2D eigenvalue weighted by atomic mass is 16.5. The normalized spacial score (nSPS) is 14.7. The molecule has 5 nitrogen and oxygen atoms in total. The lowest BCUT2D eigenvalue weighted by molar-refractivity contribution is -0.132. The van der Waals surface area contributed by atoms with Gasteiger partial charge in [0.25, 0.3) is 0 Å². The number of nitrogens with zero attached hydrogens (tertiary/aromatic N) is 3. The zero-order valence-corrected chi connectivity index (χ0v) is 15.0. The van der Waals surface area contributed by atoms with Crippen molar-refractivity contribution in [1.29, 1.82) is 0 Å². The van der Waals surface area contributed by atoms with E-state index in [1.165, 1.54) is 5.39 Å². The Hall–Kier alpha value is -2.95. The summed E-state index contributed by atoms with van der Waals surface area (Å²) in [5.41, 5.74) is 2.20. The van der Waals surface area contributed by atoms with Gasteiger partial charge in [-0.2, -0.15) is 0 Å². The third kappa shape index (κ3) is 3.12. The summed E-state index contributed by atoms with van der Waals surface area (Å²) in [5, 5.41) is 1.17. The van der Waals surface area contributed by atoms with Gasteiger partial charge in [0.1, 0.15) is 12.3 Å². The van der Waals surface area contributed by atoms with E-state index in [4.69, 9.17) is 4.74 Å². The zero-order chi connectivity index (χ0) is 17.9. The first-order valence-corrected chi connectivity index (χ1v) is 8.96. The van der Waals surface area contributed by atoms with E-state index in [-0.39, 0.29) is 5.91 Å². The van der Waals surface area contributed by atoms with Crippen LogP contribution in [0.25, 0.3) is 10.9 Å². The average Bonchev–Trinajstić information content (AvgIpc) is 3.11. The number of methoxy groups -OCH3 is 1. The maximum Gasteiger partial charge on any atom is 0.242 e. The molecule has 2 aromatic carbocycles. The lowest BCUT2D eigenvalue weighted by Crippen LogP contribution is -2.49. The fraction of sp³-hybridized carbons (Fsp3) is 0.286. The Bertz CT molecular complexity index is 910. The van der Waals surface area contributed by atoms with Gasteiger partial charge in [-0.05, 0) is 29.7 Å². The number of aromatic nitrogens is 1. The minimum Gasteiger partial charge on any atom is -0.495 e. The molecule has 1 amide bonds. The molecule has 0 aliphatic carbocycles. The molecule has 26 heavy (non-hydrogen) atoms. The van der Waals surface area contributed by atoms with Crippen LogP contribution in [0, 0.1) is 0 Å². The number of para-hydroxylation sites is 3. The van der Waals surface area contributed by atoms with E-state index in [1.807, 2.05) is 46.0 Å². The quantitative estimate of drug-likeness (QED) is 0.727. The van der Waals surface area contributed by atoms with Crippen LogP contribution < -0.4 is 9.64 Å². The van der Waals surface area contributed by atoms with Gasteiger partial charge >= 0.3 is 0 Å². The number of ether oxygens (including phenoxy) is 1. The van der Waals surface area contributed by atoms with Gasteiger partial charge in [0.05, 0.1) is 12.8 Å². The molecule has 0 radical (unpaired) electrons. The highest BCUT2D eigenvalue weighted by Gasteiger charge is 2.23. The van der Waals surface area contributed by atoms with Gasteiger partial charge in [-0.15, -0.1) is 0 Å². The Morgan fingerprint density at radius 1 is 0.962 bits per heavy atom. The van der Waals surface area contributed by atoms with Gasteiger partial charge in [-0.25, -0.2) is 0 Å². The molecule has 1 fully saturated rings. The maximum atomic E-state index is 12.7. The topological polar surface area (TPSA) is 37.7 Å². The summed E-state index contributed by atoms with van der Waals surface area (Å²) in [6, 6.07) is 18.3. The molecule has 134 valence electrons. The Labute approximate surface area is 153 Å². The van der Waals surface area contributed by atoms with Gasteiger partial charge in [0.2, 0.25) is 5.91 Å². The summed E-state index contributed by atoms with van der Waals surface area (Å²) in [6.07, 6.45) is 1.99. The van der Waals surface area contributed by atoms with E-state index in [9.17, 15) is 4.79 Å². The van der Waals surface area contributed by atoms with Crippen LogP contribution in [0.3, 0.4) is 0 Å². The van der Waals surface area contributed by atoms with Crippen molar-refractivity contribution in [3.8, 4) is 5.75 Å². The Kier molecular flexibility index (Phi) is 4.52. The molecular weight excluding hydrogens is 326 g/mol. The molecule has 0 unspecified atom stereocenters. The van der Waals surface area contributed by atoms with Crippen LogP contribution in [0.5, 0.6) is 5.75 Å². The highest BCUT2D eigenvalue weighted by Crippen LogP contribution is 2.28. The van der Waals surface area contributed by atoms with Crippen molar-refractivity contribution in [1.82, 2.24) is 9.47 Å². The van der Waals surface area contributed by atoms with Crippen LogP contribution in [-0.4, -0.2) is 48.7 Å². The van der Waals surface area contributed by atoms with Crippen molar-refractivity contribution in [2.24, 2.45) is 0 Å². The molecule has 4 rings (SSSR count). The van der Waals surface area contributed by atoms with Crippen molar-refractivity contribution < 1.29 is 9.53 Å². The number of carbonyl (C=O) groups excluding carboxylic acids is 1. The summed E-state index contributed by atoms with van der Waals surface area (Å²) in [4.78, 5) is 17.0. The number of hydrogen-bond donors (Lipinski definition) is 0. The molecule has 0 atom stereocenters. The number of carbonyl (C=O) groups is 1. The van der Waals surface area contributed by atoms with Crippen LogP contribution in [-0.2, 0) is 11.3 Å². The van der Waals surface area contributed by atoms with E-state index in [0.717, 1.165) is 43.1 Å². The molecule has 5 heteroatoms. The first kappa shape index (κ1) is 16.5. The SMILES string of the molecule is COc1ccccc1N1CCN(C(=O)Cn2ccc3ccccc32)CC1. The summed E-state index contributed by atoms with van der Waals surface area (Å²) in [6.45, 7) is 3.49. The molecule has 0 bridgehead atoms. The number of benzene rings is 2. The monoisotopic (exact) mass is 349 g/mol. The van der Waals surface area contributed by atoms with Crippen LogP contribution in [0.1, 0.15) is 0 Å². The van der Waals surface area contributed by atoms with Gasteiger partial charge < -0.3 is 19.1 Å². The van der Waals surface area contributed by atoms with Crippen molar-refractivity contribution in [2.45, 2.75) is 6.54 Å². The van der Waals surface area contributed by atoms with E-state index in [0.29, 0.717) is 6.54 Å². The second kappa shape index (κ2) is 7.12. The summed E-state index contributed by atoms with van der Waals surface area (Å²) >= 11 is 0. The second-order valence-electron chi connectivity index (χ2n) is 6.54. The average molecular weight is 349 g/mol. The molecule has 2 heterocycles. The van der Waals surface area contributed by atoms with Crippen molar-refractivity contribution >= 4 is 22.5 Å². The predicted molar refractivity (Wildman–Crippen MR) is 104 cm³/mol. The molecule has 1 aliphatic rings. The third-order valence-electron chi connectivity index (χ3n) is 5.04. The number of anilines is 1. The molecule has 1 aliphatic heterocycles. The third-order valence-corrected chi connectivity index (χ3v) is 5.04. The van der Waals surface area contributed by atoms with Crippen molar-refractivity contribution in [3.63, 3.8) is 0 Å². The zero-order valence-electron chi connectivity index (χ0n) is 15.0. The van der Waals surface area contributed by atoms with Gasteiger partial charge in [0.15, 0.2) is 0 Å². The molecule has 1 aromatic heterocycles. The standard InChI is InChI=1S/C21H23N3O2/c1-26-20-9-5-4-8-19(20)22-12-14-23(15-13-22)21(25)16-24-11-10-17-6-2-3-7-18(17)24/h2-11H,12-16H2,1H3. The Morgan fingerprint density at radius 3 is 2.50 bits per heavy atom. The van der Waals surface area contributed by atoms with Gasteiger partial charge in [0, 0.05) is 37.9 Å². The lowest BCUT2D eigenvalue weighted by atomic mass is 10.2. The van der Waals surface area contributed by atoms with E-state index in [2.05, 4.69) is 29.2 Å². The molecule has 1 saturated heterocycles. The van der Waals surface area contributed by atoms with Crippen LogP contribution >= 0.6 is 0 Å². The summed E-state index contributed by atoms with van der Waals surface area (Å²) in [5.74, 6) is 1.05. The maximum absolute atomic E-state index is 12.7. The molecule has 0 saturated carbocycles. The fourth-order valence-electron chi connectivity index (χ4n) is 3.61. The Balaban J connectivity index is 1.41. The van der Waals surface area contributed by atoms with E-state index in [1.54, 1.807) is 7.11 Å². The second-order valence-corrected chi connectivity index (χ2v) is 6.54. The number of rotatable bonds is 4. The minimum atomic E-state index is 0.172. The molecule has 0 spiro atoms. The fourth-order valence-corrected chi connectivity index (χ4v) is 3.61. The first-order chi connectivity index (χ1) is 12.8. The smallest absolute Gasteiger partial charge is 0.242 e. The van der Waals surface area contributed by atoms with E-state index < -0.39 is 0 Å². The summed E-state index contributed by atoms with van der Waals surface area (Å²) in [7, 11) is 1.69. The van der Waals surface area contributed by atoms with Crippen molar-refractivity contribution in [2.75, 3.05) is 38.2 Å². The molecule has 3 aromatic rings. The molecule has 0 N–H and O–H groups in total. The number of hydrogen-bond acceptors (Lipinski definition) is 3. The van der Waals surface area contributed by atoms with Crippen molar-refractivity contribution in [3.05, 3.63) is 60.8 Å². The van der Waals surface area contributed by atoms with Crippen LogP contribution in [0.4, 0.5) is 5.69 Å². The van der Waals surface area contributed by atoms with E-state index >= 15 is 0 Å². The predicted octanol–water partition coefficient (Wildman–Crippen LogP) is 3.00. The first-order valence-electron chi connectivity index (χ1n) is 8.96. The minimum absolute atomic E-state index is 0.172. The lowest BCUT2D eigenvalue weighted by Gasteiger charge is -2.36. The number of piperazine rings is 1. The van der Waals surface area contributed by atoms with Gasteiger partial charge in [-0.3, -0.25) is 4.79 Å². The largest absolute Gasteiger partial charge is 0.495 e.